The molecule has 0 fully saturated rings. The average molecular weight is 390 g/mol. The van der Waals surface area contributed by atoms with Gasteiger partial charge in [0.05, 0.1) is 17.3 Å². The third-order valence-corrected chi connectivity index (χ3v) is 4.36. The van der Waals surface area contributed by atoms with Crippen molar-refractivity contribution in [3.8, 4) is 17.3 Å². The summed E-state index contributed by atoms with van der Waals surface area (Å²) in [6, 6.07) is 21.4. The molecule has 0 amide bonds. The van der Waals surface area contributed by atoms with Crippen LogP contribution in [0.25, 0.3) is 16.9 Å². The van der Waals surface area contributed by atoms with E-state index in [0.717, 1.165) is 27.1 Å². The molecule has 4 aromatic rings. The Labute approximate surface area is 152 Å². The molecule has 5 nitrogen and oxygen atoms in total. The van der Waals surface area contributed by atoms with Crippen LogP contribution in [0.4, 0.5) is 0 Å². The Balaban J connectivity index is 1.76. The summed E-state index contributed by atoms with van der Waals surface area (Å²) < 4.78 is 2.79. The SMILES string of the molecule is N#Cc1cccc(-c2ccc3nnc(Cc4cccc(Br)c4)n3n2)c1. The summed E-state index contributed by atoms with van der Waals surface area (Å²) in [6.45, 7) is 0. The highest BCUT2D eigenvalue weighted by Crippen LogP contribution is 2.20. The lowest BCUT2D eigenvalue weighted by atomic mass is 10.1. The van der Waals surface area contributed by atoms with Crippen molar-refractivity contribution in [2.45, 2.75) is 6.42 Å². The van der Waals surface area contributed by atoms with Crippen molar-refractivity contribution in [2.24, 2.45) is 0 Å². The van der Waals surface area contributed by atoms with E-state index in [9.17, 15) is 0 Å². The van der Waals surface area contributed by atoms with E-state index in [-0.39, 0.29) is 0 Å². The molecule has 0 unspecified atom stereocenters. The van der Waals surface area contributed by atoms with Gasteiger partial charge >= 0.3 is 0 Å². The summed E-state index contributed by atoms with van der Waals surface area (Å²) >= 11 is 3.49. The van der Waals surface area contributed by atoms with Crippen LogP contribution in [0.5, 0.6) is 0 Å². The number of halogens is 1. The third kappa shape index (κ3) is 3.14. The van der Waals surface area contributed by atoms with Crippen molar-refractivity contribution < 1.29 is 0 Å². The van der Waals surface area contributed by atoms with E-state index in [1.807, 2.05) is 48.5 Å². The van der Waals surface area contributed by atoms with Crippen molar-refractivity contribution >= 4 is 21.6 Å². The molecule has 4 rings (SSSR count). The van der Waals surface area contributed by atoms with Gasteiger partial charge in [0.25, 0.3) is 0 Å². The summed E-state index contributed by atoms with van der Waals surface area (Å²) in [5.41, 5.74) is 4.10. The first-order valence-corrected chi connectivity index (χ1v) is 8.48. The Kier molecular flexibility index (Phi) is 4.00. The molecule has 0 bridgehead atoms. The molecule has 120 valence electrons. The maximum absolute atomic E-state index is 9.08. The summed E-state index contributed by atoms with van der Waals surface area (Å²) in [6.07, 6.45) is 0.634. The van der Waals surface area contributed by atoms with Gasteiger partial charge in [-0.1, -0.05) is 40.2 Å². The molecular formula is C19H12BrN5. The molecule has 0 aliphatic carbocycles. The van der Waals surface area contributed by atoms with Crippen LogP contribution < -0.4 is 0 Å². The van der Waals surface area contributed by atoms with Crippen molar-refractivity contribution in [2.75, 3.05) is 0 Å². The Morgan fingerprint density at radius 2 is 1.88 bits per heavy atom. The molecule has 2 aromatic heterocycles. The lowest BCUT2D eigenvalue weighted by molar-refractivity contribution is 0.841. The van der Waals surface area contributed by atoms with Gasteiger partial charge in [0.15, 0.2) is 11.5 Å². The largest absolute Gasteiger partial charge is 0.196 e. The van der Waals surface area contributed by atoms with Gasteiger partial charge in [-0.05, 0) is 42.0 Å². The van der Waals surface area contributed by atoms with E-state index in [2.05, 4.69) is 43.4 Å². The number of nitriles is 1. The van der Waals surface area contributed by atoms with Gasteiger partial charge in [-0.2, -0.15) is 14.9 Å². The molecule has 0 spiro atoms. The second-order valence-electron chi connectivity index (χ2n) is 5.60. The minimum absolute atomic E-state index is 0.609. The predicted octanol–water partition coefficient (Wildman–Crippen LogP) is 4.02. The highest BCUT2D eigenvalue weighted by molar-refractivity contribution is 9.10. The molecule has 0 aliphatic heterocycles. The summed E-state index contributed by atoms with van der Waals surface area (Å²) in [5, 5.41) is 22.2. The van der Waals surface area contributed by atoms with E-state index >= 15 is 0 Å². The van der Waals surface area contributed by atoms with Crippen molar-refractivity contribution in [1.29, 1.82) is 5.26 Å². The monoisotopic (exact) mass is 389 g/mol. The maximum Gasteiger partial charge on any atom is 0.177 e. The molecule has 0 N–H and O–H groups in total. The third-order valence-electron chi connectivity index (χ3n) is 3.87. The molecule has 2 heterocycles. The zero-order valence-corrected chi connectivity index (χ0v) is 14.7. The molecule has 0 saturated carbocycles. The molecule has 0 aliphatic rings. The second kappa shape index (κ2) is 6.46. The molecule has 0 radical (unpaired) electrons. The molecular weight excluding hydrogens is 378 g/mol. The first-order chi connectivity index (χ1) is 12.2. The number of hydrogen-bond acceptors (Lipinski definition) is 4. The summed E-state index contributed by atoms with van der Waals surface area (Å²) in [7, 11) is 0. The van der Waals surface area contributed by atoms with E-state index in [1.54, 1.807) is 10.6 Å². The molecule has 0 saturated heterocycles. The highest BCUT2D eigenvalue weighted by atomic mass is 79.9. The summed E-state index contributed by atoms with van der Waals surface area (Å²) in [4.78, 5) is 0. The minimum Gasteiger partial charge on any atom is -0.196 e. The molecule has 0 atom stereocenters. The van der Waals surface area contributed by atoms with Crippen molar-refractivity contribution in [3.63, 3.8) is 0 Å². The fourth-order valence-corrected chi connectivity index (χ4v) is 3.12. The fourth-order valence-electron chi connectivity index (χ4n) is 2.68. The first kappa shape index (κ1) is 15.5. The Morgan fingerprint density at radius 3 is 2.72 bits per heavy atom. The number of rotatable bonds is 3. The van der Waals surface area contributed by atoms with Gasteiger partial charge in [-0.3, -0.25) is 0 Å². The number of fused-ring (bicyclic) bond motifs is 1. The predicted molar refractivity (Wildman–Crippen MR) is 97.9 cm³/mol. The topological polar surface area (TPSA) is 66.9 Å². The second-order valence-corrected chi connectivity index (χ2v) is 6.52. The van der Waals surface area contributed by atoms with Gasteiger partial charge < -0.3 is 0 Å². The van der Waals surface area contributed by atoms with E-state index < -0.39 is 0 Å². The van der Waals surface area contributed by atoms with Crippen LogP contribution in [-0.4, -0.2) is 19.8 Å². The van der Waals surface area contributed by atoms with E-state index in [4.69, 9.17) is 5.26 Å². The van der Waals surface area contributed by atoms with Crippen molar-refractivity contribution in [1.82, 2.24) is 19.8 Å². The zero-order chi connectivity index (χ0) is 17.2. The van der Waals surface area contributed by atoms with Crippen LogP contribution in [0.3, 0.4) is 0 Å². The Hall–Kier alpha value is -3.04. The Bertz CT molecular complexity index is 1110. The standard InChI is InChI=1S/C19H12BrN5/c20-16-6-2-3-13(10-16)11-19-23-22-18-8-7-17(24-25(18)19)15-5-1-4-14(9-15)12-21/h1-10H,11H2. The van der Waals surface area contributed by atoms with Crippen LogP contribution >= 0.6 is 15.9 Å². The van der Waals surface area contributed by atoms with Gasteiger partial charge in [0.2, 0.25) is 0 Å². The van der Waals surface area contributed by atoms with Crippen LogP contribution in [0.1, 0.15) is 17.0 Å². The molecule has 25 heavy (non-hydrogen) atoms. The maximum atomic E-state index is 9.08. The molecule has 2 aromatic carbocycles. The normalized spacial score (nSPS) is 10.7. The minimum atomic E-state index is 0.609. The Morgan fingerprint density at radius 1 is 1.00 bits per heavy atom. The molecule has 6 heteroatoms. The van der Waals surface area contributed by atoms with Crippen molar-refractivity contribution in [3.05, 3.63) is 82.1 Å². The van der Waals surface area contributed by atoms with E-state index in [0.29, 0.717) is 17.6 Å². The average Bonchev–Trinajstić information content (AvgIpc) is 3.04. The number of hydrogen-bond donors (Lipinski definition) is 0. The fraction of sp³-hybridized carbons (Fsp3) is 0.0526. The van der Waals surface area contributed by atoms with Gasteiger partial charge in [-0.15, -0.1) is 10.2 Å². The van der Waals surface area contributed by atoms with Crippen LogP contribution in [-0.2, 0) is 6.42 Å². The smallest absolute Gasteiger partial charge is 0.177 e. The lowest BCUT2D eigenvalue weighted by Crippen LogP contribution is -2.01. The van der Waals surface area contributed by atoms with E-state index in [1.165, 1.54) is 0 Å². The number of aromatic nitrogens is 4. The highest BCUT2D eigenvalue weighted by Gasteiger charge is 2.10. The quantitative estimate of drug-likeness (QED) is 0.530. The van der Waals surface area contributed by atoms with Crippen LogP contribution in [0.15, 0.2) is 65.1 Å². The first-order valence-electron chi connectivity index (χ1n) is 7.69. The van der Waals surface area contributed by atoms with Gasteiger partial charge in [0, 0.05) is 16.5 Å². The zero-order valence-electron chi connectivity index (χ0n) is 13.1. The number of benzene rings is 2. The van der Waals surface area contributed by atoms with Crippen LogP contribution in [0.2, 0.25) is 0 Å². The van der Waals surface area contributed by atoms with Gasteiger partial charge in [-0.25, -0.2) is 0 Å². The van der Waals surface area contributed by atoms with Gasteiger partial charge in [0.1, 0.15) is 0 Å². The summed E-state index contributed by atoms with van der Waals surface area (Å²) in [5.74, 6) is 0.770. The lowest BCUT2D eigenvalue weighted by Gasteiger charge is -2.04. The van der Waals surface area contributed by atoms with Crippen LogP contribution in [0, 0.1) is 11.3 Å². The number of nitrogens with zero attached hydrogens (tertiary/aromatic N) is 5.